The largest absolute Gasteiger partial charge is 0.497 e. The maximum Gasteiger partial charge on any atom is 0.220 e. The zero-order valence-corrected chi connectivity index (χ0v) is 20.7. The van der Waals surface area contributed by atoms with E-state index in [1.54, 1.807) is 19.5 Å². The summed E-state index contributed by atoms with van der Waals surface area (Å²) >= 11 is 0. The third-order valence-corrected chi connectivity index (χ3v) is 6.34. The Morgan fingerprint density at radius 1 is 0.892 bits per heavy atom. The summed E-state index contributed by atoms with van der Waals surface area (Å²) in [6, 6.07) is 27.9. The Hall–Kier alpha value is -4.58. The van der Waals surface area contributed by atoms with Gasteiger partial charge in [0, 0.05) is 47.5 Å². The summed E-state index contributed by atoms with van der Waals surface area (Å²) in [5.41, 5.74) is 6.36. The minimum Gasteiger partial charge on any atom is -0.497 e. The molecule has 2 aromatic heterocycles. The van der Waals surface area contributed by atoms with Crippen LogP contribution in [0, 0.1) is 0 Å². The second-order valence-corrected chi connectivity index (χ2v) is 8.82. The molecule has 1 amide bonds. The molecule has 0 unspecified atom stereocenters. The zero-order valence-electron chi connectivity index (χ0n) is 20.7. The monoisotopic (exact) mass is 491 g/mol. The van der Waals surface area contributed by atoms with Crippen LogP contribution >= 0.6 is 0 Å². The SMILES string of the molecule is COc1ccc(-c2[nH]c3ccccc3c2CCC(=O)NCc2ccc(OCc3cccnc3)cc2)cc1. The summed E-state index contributed by atoms with van der Waals surface area (Å²) in [5, 5.41) is 4.19. The quantitative estimate of drug-likeness (QED) is 0.249. The predicted octanol–water partition coefficient (Wildman–Crippen LogP) is 6.07. The number of methoxy groups -OCH3 is 1. The number of hydrogen-bond acceptors (Lipinski definition) is 4. The van der Waals surface area contributed by atoms with Crippen molar-refractivity contribution in [2.45, 2.75) is 26.0 Å². The van der Waals surface area contributed by atoms with Gasteiger partial charge in [-0.3, -0.25) is 9.78 Å². The average Bonchev–Trinajstić information content (AvgIpc) is 3.33. The molecule has 5 rings (SSSR count). The first-order valence-electron chi connectivity index (χ1n) is 12.3. The second kappa shape index (κ2) is 11.4. The first kappa shape index (κ1) is 24.1. The highest BCUT2D eigenvalue weighted by molar-refractivity contribution is 5.91. The van der Waals surface area contributed by atoms with E-state index < -0.39 is 0 Å². The number of hydrogen-bond donors (Lipinski definition) is 2. The number of para-hydroxylation sites is 1. The van der Waals surface area contributed by atoms with Gasteiger partial charge in [-0.1, -0.05) is 36.4 Å². The van der Waals surface area contributed by atoms with Gasteiger partial charge >= 0.3 is 0 Å². The molecule has 0 bridgehead atoms. The summed E-state index contributed by atoms with van der Waals surface area (Å²) in [6.07, 6.45) is 4.57. The fraction of sp³-hybridized carbons (Fsp3) is 0.161. The van der Waals surface area contributed by atoms with Crippen molar-refractivity contribution in [1.82, 2.24) is 15.3 Å². The van der Waals surface area contributed by atoms with E-state index in [1.165, 1.54) is 0 Å². The van der Waals surface area contributed by atoms with Gasteiger partial charge in [0.1, 0.15) is 18.1 Å². The number of carbonyl (C=O) groups excluding carboxylic acids is 1. The lowest BCUT2D eigenvalue weighted by atomic mass is 10.0. The number of amides is 1. The summed E-state index contributed by atoms with van der Waals surface area (Å²) in [4.78, 5) is 20.4. The molecular weight excluding hydrogens is 462 g/mol. The normalized spacial score (nSPS) is 10.8. The Balaban J connectivity index is 1.19. The van der Waals surface area contributed by atoms with Crippen molar-refractivity contribution in [3.8, 4) is 22.8 Å². The van der Waals surface area contributed by atoms with Crippen molar-refractivity contribution in [3.05, 3.63) is 114 Å². The van der Waals surface area contributed by atoms with Gasteiger partial charge in [-0.15, -0.1) is 0 Å². The number of benzene rings is 3. The van der Waals surface area contributed by atoms with Crippen LogP contribution in [0.5, 0.6) is 11.5 Å². The van der Waals surface area contributed by atoms with Crippen LogP contribution in [0.1, 0.15) is 23.1 Å². The number of H-pyrrole nitrogens is 1. The molecule has 186 valence electrons. The number of aryl methyl sites for hydroxylation is 1. The Kier molecular flexibility index (Phi) is 7.46. The molecule has 6 nitrogen and oxygen atoms in total. The molecule has 0 atom stereocenters. The maximum absolute atomic E-state index is 12.7. The number of ether oxygens (including phenoxy) is 2. The third kappa shape index (κ3) is 5.98. The van der Waals surface area contributed by atoms with E-state index in [4.69, 9.17) is 9.47 Å². The smallest absolute Gasteiger partial charge is 0.220 e. The minimum absolute atomic E-state index is 0.0165. The Morgan fingerprint density at radius 2 is 1.68 bits per heavy atom. The van der Waals surface area contributed by atoms with Gasteiger partial charge in [0.15, 0.2) is 0 Å². The van der Waals surface area contributed by atoms with Gasteiger partial charge in [0.25, 0.3) is 0 Å². The zero-order chi connectivity index (χ0) is 25.5. The van der Waals surface area contributed by atoms with Crippen molar-refractivity contribution in [3.63, 3.8) is 0 Å². The van der Waals surface area contributed by atoms with Crippen LogP contribution in [-0.4, -0.2) is 23.0 Å². The lowest BCUT2D eigenvalue weighted by Gasteiger charge is -2.09. The topological polar surface area (TPSA) is 76.2 Å². The molecule has 3 aromatic carbocycles. The van der Waals surface area contributed by atoms with E-state index in [-0.39, 0.29) is 5.91 Å². The second-order valence-electron chi connectivity index (χ2n) is 8.82. The number of fused-ring (bicyclic) bond motifs is 1. The standard InChI is InChI=1S/C31H29N3O3/c1-36-25-14-10-24(11-15-25)31-28(27-6-2-3-7-29(27)34-31)16-17-30(35)33-20-22-8-12-26(13-9-22)37-21-23-5-4-18-32-19-23/h2-15,18-19,34H,16-17,20-21H2,1H3,(H,33,35). The minimum atomic E-state index is 0.0165. The van der Waals surface area contributed by atoms with Crippen LogP contribution in [0.2, 0.25) is 0 Å². The molecule has 2 heterocycles. The predicted molar refractivity (Wildman–Crippen MR) is 145 cm³/mol. The van der Waals surface area contributed by atoms with Crippen LogP contribution in [0.15, 0.2) is 97.3 Å². The first-order chi connectivity index (χ1) is 18.2. The van der Waals surface area contributed by atoms with Gasteiger partial charge in [0.2, 0.25) is 5.91 Å². The number of nitrogens with one attached hydrogen (secondary N) is 2. The molecule has 2 N–H and O–H groups in total. The Bertz CT molecular complexity index is 1460. The highest BCUT2D eigenvalue weighted by atomic mass is 16.5. The number of rotatable bonds is 10. The van der Waals surface area contributed by atoms with E-state index in [9.17, 15) is 4.79 Å². The molecule has 37 heavy (non-hydrogen) atoms. The summed E-state index contributed by atoms with van der Waals surface area (Å²) in [6.45, 7) is 0.942. The van der Waals surface area contributed by atoms with Gasteiger partial charge in [-0.05, 0) is 71.6 Å². The summed E-state index contributed by atoms with van der Waals surface area (Å²) in [5.74, 6) is 1.61. The van der Waals surface area contributed by atoms with Gasteiger partial charge in [-0.2, -0.15) is 0 Å². The molecule has 0 saturated carbocycles. The van der Waals surface area contributed by atoms with Crippen LogP contribution in [0.3, 0.4) is 0 Å². The Morgan fingerprint density at radius 3 is 2.43 bits per heavy atom. The molecule has 6 heteroatoms. The Labute approximate surface area is 216 Å². The molecule has 0 radical (unpaired) electrons. The molecule has 0 saturated heterocycles. The summed E-state index contributed by atoms with van der Waals surface area (Å²) in [7, 11) is 1.66. The van der Waals surface area contributed by atoms with E-state index in [0.29, 0.717) is 26.0 Å². The van der Waals surface area contributed by atoms with Gasteiger partial charge in [-0.25, -0.2) is 0 Å². The molecule has 0 fully saturated rings. The molecule has 0 aliphatic carbocycles. The molecular formula is C31H29N3O3. The van der Waals surface area contributed by atoms with Crippen LogP contribution < -0.4 is 14.8 Å². The van der Waals surface area contributed by atoms with Crippen molar-refractivity contribution < 1.29 is 14.3 Å². The highest BCUT2D eigenvalue weighted by Crippen LogP contribution is 2.32. The number of nitrogens with zero attached hydrogens (tertiary/aromatic N) is 1. The number of pyridine rings is 1. The van der Waals surface area contributed by atoms with E-state index >= 15 is 0 Å². The van der Waals surface area contributed by atoms with Crippen molar-refractivity contribution in [2.24, 2.45) is 0 Å². The van der Waals surface area contributed by atoms with E-state index in [2.05, 4.69) is 27.4 Å². The molecule has 5 aromatic rings. The van der Waals surface area contributed by atoms with Crippen LogP contribution in [0.4, 0.5) is 0 Å². The fourth-order valence-corrected chi connectivity index (χ4v) is 4.35. The summed E-state index contributed by atoms with van der Waals surface area (Å²) < 4.78 is 11.1. The number of carbonyl (C=O) groups is 1. The van der Waals surface area contributed by atoms with Crippen molar-refractivity contribution in [1.29, 1.82) is 0 Å². The van der Waals surface area contributed by atoms with Gasteiger partial charge in [0.05, 0.1) is 7.11 Å². The highest BCUT2D eigenvalue weighted by Gasteiger charge is 2.14. The van der Waals surface area contributed by atoms with Crippen LogP contribution in [-0.2, 0) is 24.4 Å². The molecule has 0 aliphatic rings. The number of aromatic nitrogens is 2. The lowest BCUT2D eigenvalue weighted by molar-refractivity contribution is -0.121. The molecule has 0 spiro atoms. The average molecular weight is 492 g/mol. The third-order valence-electron chi connectivity index (χ3n) is 6.34. The fourth-order valence-electron chi connectivity index (χ4n) is 4.35. The first-order valence-corrected chi connectivity index (χ1v) is 12.3. The lowest BCUT2D eigenvalue weighted by Crippen LogP contribution is -2.23. The van der Waals surface area contributed by atoms with E-state index in [1.807, 2.05) is 72.8 Å². The van der Waals surface area contributed by atoms with Crippen molar-refractivity contribution in [2.75, 3.05) is 7.11 Å². The number of aromatic amines is 1. The van der Waals surface area contributed by atoms with Gasteiger partial charge < -0.3 is 19.8 Å². The maximum atomic E-state index is 12.7. The van der Waals surface area contributed by atoms with Crippen molar-refractivity contribution >= 4 is 16.8 Å². The molecule has 0 aliphatic heterocycles. The van der Waals surface area contributed by atoms with E-state index in [0.717, 1.165) is 50.3 Å². The van der Waals surface area contributed by atoms with Crippen LogP contribution in [0.25, 0.3) is 22.2 Å².